The third-order valence-electron chi connectivity index (χ3n) is 5.13. The average molecular weight is 416 g/mol. The third kappa shape index (κ3) is 5.44. The second-order valence-corrected chi connectivity index (χ2v) is 9.57. The first-order valence-corrected chi connectivity index (χ1v) is 11.6. The van der Waals surface area contributed by atoms with Crippen LogP contribution in [-0.2, 0) is 15.6 Å². The van der Waals surface area contributed by atoms with Gasteiger partial charge in [0, 0.05) is 36.4 Å². The first kappa shape index (κ1) is 21.0. The molecule has 1 fully saturated rings. The van der Waals surface area contributed by atoms with Crippen molar-refractivity contribution in [3.8, 4) is 5.75 Å². The van der Waals surface area contributed by atoms with Crippen LogP contribution < -0.4 is 4.74 Å². The van der Waals surface area contributed by atoms with Crippen LogP contribution in [0.1, 0.15) is 39.1 Å². The molecule has 0 aliphatic carbocycles. The van der Waals surface area contributed by atoms with E-state index in [1.807, 2.05) is 0 Å². The Morgan fingerprint density at radius 2 is 1.69 bits per heavy atom. The molecule has 0 saturated carbocycles. The highest BCUT2D eigenvalue weighted by atomic mass is 32.2. The predicted molar refractivity (Wildman–Crippen MR) is 111 cm³/mol. The van der Waals surface area contributed by atoms with Gasteiger partial charge >= 0.3 is 0 Å². The zero-order valence-corrected chi connectivity index (χ0v) is 17.4. The summed E-state index contributed by atoms with van der Waals surface area (Å²) >= 11 is 0. The summed E-state index contributed by atoms with van der Waals surface area (Å²) in [6, 6.07) is 13.8. The smallest absolute Gasteiger partial charge is 0.253 e. The summed E-state index contributed by atoms with van der Waals surface area (Å²) in [5.41, 5.74) is 1.73. The molecule has 29 heavy (non-hydrogen) atoms. The van der Waals surface area contributed by atoms with Crippen molar-refractivity contribution >= 4 is 21.5 Å². The van der Waals surface area contributed by atoms with Gasteiger partial charge in [-0.2, -0.15) is 0 Å². The van der Waals surface area contributed by atoms with Crippen molar-refractivity contribution in [3.63, 3.8) is 0 Å². The van der Waals surface area contributed by atoms with E-state index in [-0.39, 0.29) is 23.4 Å². The summed E-state index contributed by atoms with van der Waals surface area (Å²) in [5, 5.41) is 0. The summed E-state index contributed by atoms with van der Waals surface area (Å²) in [5.74, 6) is 0.474. The number of hydrogen-bond donors (Lipinski definition) is 0. The van der Waals surface area contributed by atoms with E-state index in [0.717, 1.165) is 0 Å². The highest BCUT2D eigenvalue weighted by Crippen LogP contribution is 2.24. The Morgan fingerprint density at radius 3 is 2.28 bits per heavy atom. The van der Waals surface area contributed by atoms with Crippen molar-refractivity contribution in [1.82, 2.24) is 4.90 Å². The van der Waals surface area contributed by atoms with E-state index >= 15 is 0 Å². The third-order valence-corrected chi connectivity index (χ3v) is 5.99. The average Bonchev–Trinajstić information content (AvgIpc) is 2.72. The minimum absolute atomic E-state index is 0.0907. The zero-order valence-electron chi connectivity index (χ0n) is 16.6. The summed E-state index contributed by atoms with van der Waals surface area (Å²) < 4.78 is 28.1. The molecule has 1 heterocycles. The molecule has 1 amide bonds. The molecule has 2 aromatic rings. The van der Waals surface area contributed by atoms with Gasteiger partial charge in [0.15, 0.2) is 15.6 Å². The Morgan fingerprint density at radius 1 is 1.03 bits per heavy atom. The molecule has 2 aromatic carbocycles. The number of carbonyl (C=O) groups is 2. The minimum atomic E-state index is -3.16. The van der Waals surface area contributed by atoms with E-state index in [2.05, 4.69) is 0 Å². The maximum atomic E-state index is 12.8. The number of Topliss-reactive ketones (excluding diaryl/α,β-unsaturated/α-hetero) is 1. The molecular formula is C22H25NO5S. The van der Waals surface area contributed by atoms with Gasteiger partial charge in [0.1, 0.15) is 5.75 Å². The SMILES string of the molecule is COc1ccc(C(=O)C2CCN(C(=O)c3cccc(CS(C)(=O)=O)c3)CC2)cc1. The maximum absolute atomic E-state index is 12.8. The number of nitrogens with zero attached hydrogens (tertiary/aromatic N) is 1. The van der Waals surface area contributed by atoms with E-state index in [1.165, 1.54) is 6.26 Å². The molecule has 0 N–H and O–H groups in total. The number of likely N-dealkylation sites (tertiary alicyclic amines) is 1. The van der Waals surface area contributed by atoms with Crippen LogP contribution >= 0.6 is 0 Å². The van der Waals surface area contributed by atoms with Gasteiger partial charge in [-0.15, -0.1) is 0 Å². The fraction of sp³-hybridized carbons (Fsp3) is 0.364. The van der Waals surface area contributed by atoms with Gasteiger partial charge in [0.25, 0.3) is 5.91 Å². The Bertz CT molecular complexity index is 990. The van der Waals surface area contributed by atoms with Crippen molar-refractivity contribution in [2.45, 2.75) is 18.6 Å². The zero-order chi connectivity index (χ0) is 21.0. The van der Waals surface area contributed by atoms with Crippen LogP contribution in [-0.4, -0.2) is 51.5 Å². The number of hydrogen-bond acceptors (Lipinski definition) is 5. The molecule has 0 aromatic heterocycles. The second-order valence-electron chi connectivity index (χ2n) is 7.43. The van der Waals surface area contributed by atoms with Gasteiger partial charge in [-0.1, -0.05) is 12.1 Å². The molecule has 1 aliphatic heterocycles. The number of ketones is 1. The van der Waals surface area contributed by atoms with Gasteiger partial charge in [-0.3, -0.25) is 9.59 Å². The lowest BCUT2D eigenvalue weighted by atomic mass is 9.88. The van der Waals surface area contributed by atoms with Gasteiger partial charge in [0.05, 0.1) is 12.9 Å². The summed E-state index contributed by atoms with van der Waals surface area (Å²) in [7, 11) is -1.58. The quantitative estimate of drug-likeness (QED) is 0.678. The standard InChI is InChI=1S/C22H25NO5S/c1-28-20-8-6-17(7-9-20)21(24)18-10-12-23(13-11-18)22(25)19-5-3-4-16(14-19)15-29(2,26)27/h3-9,14,18H,10-13,15H2,1-2H3. The van der Waals surface area contributed by atoms with Crippen molar-refractivity contribution in [2.75, 3.05) is 26.5 Å². The van der Waals surface area contributed by atoms with Crippen LogP contribution in [0.5, 0.6) is 5.75 Å². The van der Waals surface area contributed by atoms with Crippen LogP contribution in [0.25, 0.3) is 0 Å². The summed E-state index contributed by atoms with van der Waals surface area (Å²) in [6.45, 7) is 1.00. The molecule has 0 spiro atoms. The molecule has 7 heteroatoms. The van der Waals surface area contributed by atoms with Crippen molar-refractivity contribution < 1.29 is 22.7 Å². The lowest BCUT2D eigenvalue weighted by molar-refractivity contribution is 0.0650. The molecule has 1 aliphatic rings. The van der Waals surface area contributed by atoms with Crippen molar-refractivity contribution in [3.05, 3.63) is 65.2 Å². The number of sulfone groups is 1. The monoisotopic (exact) mass is 415 g/mol. The molecule has 0 atom stereocenters. The Hall–Kier alpha value is -2.67. The van der Waals surface area contributed by atoms with E-state index < -0.39 is 9.84 Å². The Labute approximate surface area is 171 Å². The highest BCUT2D eigenvalue weighted by Gasteiger charge is 2.28. The number of carbonyl (C=O) groups excluding carboxylic acids is 2. The van der Waals surface area contributed by atoms with Gasteiger partial charge in [0.2, 0.25) is 0 Å². The van der Waals surface area contributed by atoms with E-state index in [0.29, 0.717) is 48.4 Å². The molecular weight excluding hydrogens is 390 g/mol. The lowest BCUT2D eigenvalue weighted by Gasteiger charge is -2.31. The number of ether oxygens (including phenoxy) is 1. The molecule has 0 bridgehead atoms. The van der Waals surface area contributed by atoms with Crippen LogP contribution in [0, 0.1) is 5.92 Å². The van der Waals surface area contributed by atoms with Crippen LogP contribution in [0.15, 0.2) is 48.5 Å². The van der Waals surface area contributed by atoms with Crippen LogP contribution in [0.3, 0.4) is 0 Å². The summed E-state index contributed by atoms with van der Waals surface area (Å²) in [6.07, 6.45) is 2.39. The second kappa shape index (κ2) is 8.78. The number of benzene rings is 2. The number of rotatable bonds is 6. The Balaban J connectivity index is 1.62. The van der Waals surface area contributed by atoms with E-state index in [4.69, 9.17) is 4.74 Å². The van der Waals surface area contributed by atoms with E-state index in [1.54, 1.807) is 60.5 Å². The minimum Gasteiger partial charge on any atom is -0.497 e. The predicted octanol–water partition coefficient (Wildman–Crippen LogP) is 2.97. The molecule has 6 nitrogen and oxygen atoms in total. The number of piperidine rings is 1. The topological polar surface area (TPSA) is 80.8 Å². The first-order valence-electron chi connectivity index (χ1n) is 9.51. The Kier molecular flexibility index (Phi) is 6.37. The lowest BCUT2D eigenvalue weighted by Crippen LogP contribution is -2.40. The fourth-order valence-electron chi connectivity index (χ4n) is 3.62. The van der Waals surface area contributed by atoms with Gasteiger partial charge in [-0.25, -0.2) is 8.42 Å². The highest BCUT2D eigenvalue weighted by molar-refractivity contribution is 7.89. The van der Waals surface area contributed by atoms with Gasteiger partial charge < -0.3 is 9.64 Å². The van der Waals surface area contributed by atoms with E-state index in [9.17, 15) is 18.0 Å². The maximum Gasteiger partial charge on any atom is 0.253 e. The molecule has 154 valence electrons. The molecule has 0 radical (unpaired) electrons. The molecule has 1 saturated heterocycles. The molecule has 0 unspecified atom stereocenters. The van der Waals surface area contributed by atoms with Gasteiger partial charge in [-0.05, 0) is 54.8 Å². The van der Waals surface area contributed by atoms with Crippen LogP contribution in [0.2, 0.25) is 0 Å². The number of methoxy groups -OCH3 is 1. The largest absolute Gasteiger partial charge is 0.497 e. The number of amides is 1. The normalized spacial score (nSPS) is 15.2. The molecule has 3 rings (SSSR count). The fourth-order valence-corrected chi connectivity index (χ4v) is 4.40. The van der Waals surface area contributed by atoms with Crippen molar-refractivity contribution in [1.29, 1.82) is 0 Å². The first-order chi connectivity index (χ1) is 13.8. The van der Waals surface area contributed by atoms with Crippen molar-refractivity contribution in [2.24, 2.45) is 5.92 Å². The summed E-state index contributed by atoms with van der Waals surface area (Å²) in [4.78, 5) is 27.3. The van der Waals surface area contributed by atoms with Crippen LogP contribution in [0.4, 0.5) is 0 Å².